The first-order chi connectivity index (χ1) is 11.6. The van der Waals surface area contributed by atoms with Gasteiger partial charge in [-0.05, 0) is 24.6 Å². The molecule has 24 heavy (non-hydrogen) atoms. The lowest BCUT2D eigenvalue weighted by Crippen LogP contribution is -2.48. The Balaban J connectivity index is 1.49. The molecule has 6 nitrogen and oxygen atoms in total. The maximum atomic E-state index is 12.5. The fourth-order valence-corrected chi connectivity index (χ4v) is 2.94. The summed E-state index contributed by atoms with van der Waals surface area (Å²) in [6.45, 7) is 5.86. The first-order valence-corrected chi connectivity index (χ1v) is 8.19. The van der Waals surface area contributed by atoms with Crippen LogP contribution in [-0.4, -0.2) is 54.2 Å². The second-order valence-electron chi connectivity index (χ2n) is 6.12. The lowest BCUT2D eigenvalue weighted by molar-refractivity contribution is -0.132. The number of aromatic nitrogens is 1. The van der Waals surface area contributed by atoms with E-state index in [1.807, 2.05) is 42.2 Å². The molecule has 2 heterocycles. The van der Waals surface area contributed by atoms with Crippen LogP contribution in [0.25, 0.3) is 0 Å². The number of hydrogen-bond donors (Lipinski definition) is 0. The van der Waals surface area contributed by atoms with Crippen LogP contribution < -0.4 is 4.74 Å². The highest BCUT2D eigenvalue weighted by atomic mass is 16.5. The lowest BCUT2D eigenvalue weighted by Gasteiger charge is -2.34. The van der Waals surface area contributed by atoms with Crippen LogP contribution in [0.4, 0.5) is 0 Å². The Kier molecular flexibility index (Phi) is 5.15. The highest BCUT2D eigenvalue weighted by Crippen LogP contribution is 2.15. The van der Waals surface area contributed by atoms with Crippen LogP contribution in [0.2, 0.25) is 0 Å². The van der Waals surface area contributed by atoms with Gasteiger partial charge in [-0.3, -0.25) is 9.69 Å². The minimum absolute atomic E-state index is 0.165. The molecular formula is C18H23N3O3. The fourth-order valence-electron chi connectivity index (χ4n) is 2.94. The molecule has 0 aliphatic carbocycles. The Labute approximate surface area is 142 Å². The molecule has 1 aromatic heterocycles. The number of aryl methyl sites for hydroxylation is 1. The van der Waals surface area contributed by atoms with Gasteiger partial charge in [0.15, 0.2) is 5.76 Å². The molecule has 0 unspecified atom stereocenters. The second-order valence-corrected chi connectivity index (χ2v) is 6.12. The van der Waals surface area contributed by atoms with Crippen LogP contribution in [0.1, 0.15) is 17.0 Å². The SMILES string of the molecule is COc1cccc(CC(=O)N2CCN(Cc3cc(C)no3)CC2)c1. The number of hydrogen-bond acceptors (Lipinski definition) is 5. The van der Waals surface area contributed by atoms with E-state index in [9.17, 15) is 4.79 Å². The number of benzene rings is 1. The van der Waals surface area contributed by atoms with Gasteiger partial charge in [0, 0.05) is 32.2 Å². The van der Waals surface area contributed by atoms with Gasteiger partial charge in [-0.1, -0.05) is 17.3 Å². The average Bonchev–Trinajstić information content (AvgIpc) is 3.00. The quantitative estimate of drug-likeness (QED) is 0.838. The van der Waals surface area contributed by atoms with Crippen LogP contribution in [-0.2, 0) is 17.8 Å². The van der Waals surface area contributed by atoms with Crippen LogP contribution in [0.15, 0.2) is 34.9 Å². The van der Waals surface area contributed by atoms with E-state index in [1.165, 1.54) is 0 Å². The van der Waals surface area contributed by atoms with Crippen LogP contribution >= 0.6 is 0 Å². The predicted octanol–water partition coefficient (Wildman–Crippen LogP) is 1.88. The third-order valence-electron chi connectivity index (χ3n) is 4.27. The van der Waals surface area contributed by atoms with Gasteiger partial charge in [0.1, 0.15) is 5.75 Å². The van der Waals surface area contributed by atoms with Crippen LogP contribution in [0, 0.1) is 6.92 Å². The minimum atomic E-state index is 0.165. The average molecular weight is 329 g/mol. The van der Waals surface area contributed by atoms with E-state index in [2.05, 4.69) is 10.1 Å². The molecule has 0 radical (unpaired) electrons. The van der Waals surface area contributed by atoms with E-state index in [4.69, 9.17) is 9.26 Å². The Morgan fingerprint density at radius 2 is 2.04 bits per heavy atom. The maximum Gasteiger partial charge on any atom is 0.227 e. The number of carbonyl (C=O) groups is 1. The third kappa shape index (κ3) is 4.14. The van der Waals surface area contributed by atoms with Crippen molar-refractivity contribution in [3.8, 4) is 5.75 Å². The lowest BCUT2D eigenvalue weighted by atomic mass is 10.1. The highest BCUT2D eigenvalue weighted by molar-refractivity contribution is 5.79. The van der Waals surface area contributed by atoms with Gasteiger partial charge in [0.25, 0.3) is 0 Å². The molecule has 0 saturated carbocycles. The molecule has 1 aliphatic rings. The highest BCUT2D eigenvalue weighted by Gasteiger charge is 2.22. The van der Waals surface area contributed by atoms with Gasteiger partial charge < -0.3 is 14.2 Å². The molecule has 0 spiro atoms. The van der Waals surface area contributed by atoms with Crippen molar-refractivity contribution < 1.29 is 14.1 Å². The molecule has 128 valence electrons. The summed E-state index contributed by atoms with van der Waals surface area (Å²) in [4.78, 5) is 16.7. The van der Waals surface area contributed by atoms with Crippen molar-refractivity contribution in [1.82, 2.24) is 15.0 Å². The molecule has 1 fully saturated rings. The molecule has 0 bridgehead atoms. The minimum Gasteiger partial charge on any atom is -0.497 e. The maximum absolute atomic E-state index is 12.5. The molecule has 0 N–H and O–H groups in total. The number of ether oxygens (including phenoxy) is 1. The number of rotatable bonds is 5. The van der Waals surface area contributed by atoms with Crippen molar-refractivity contribution >= 4 is 5.91 Å². The number of nitrogens with zero attached hydrogens (tertiary/aromatic N) is 3. The number of methoxy groups -OCH3 is 1. The van der Waals surface area contributed by atoms with Crippen molar-refractivity contribution in [2.24, 2.45) is 0 Å². The van der Waals surface area contributed by atoms with Gasteiger partial charge in [0.05, 0.1) is 25.8 Å². The van der Waals surface area contributed by atoms with Gasteiger partial charge in [-0.15, -0.1) is 0 Å². The van der Waals surface area contributed by atoms with Crippen molar-refractivity contribution in [3.05, 3.63) is 47.3 Å². The summed E-state index contributed by atoms with van der Waals surface area (Å²) in [5.41, 5.74) is 1.89. The summed E-state index contributed by atoms with van der Waals surface area (Å²) >= 11 is 0. The Hall–Kier alpha value is -2.34. The molecule has 1 aromatic carbocycles. The standard InChI is InChI=1S/C18H23N3O3/c1-14-10-17(24-19-14)13-20-6-8-21(9-7-20)18(22)12-15-4-3-5-16(11-15)23-2/h3-5,10-11H,6-9,12-13H2,1-2H3. The number of carbonyl (C=O) groups excluding carboxylic acids is 1. The van der Waals surface area contributed by atoms with Gasteiger partial charge >= 0.3 is 0 Å². The number of amides is 1. The summed E-state index contributed by atoms with van der Waals surface area (Å²) in [7, 11) is 1.64. The monoisotopic (exact) mass is 329 g/mol. The summed E-state index contributed by atoms with van der Waals surface area (Å²) in [6.07, 6.45) is 0.415. The largest absolute Gasteiger partial charge is 0.497 e. The van der Waals surface area contributed by atoms with E-state index in [1.54, 1.807) is 7.11 Å². The smallest absolute Gasteiger partial charge is 0.227 e. The first-order valence-electron chi connectivity index (χ1n) is 8.19. The second kappa shape index (κ2) is 7.49. The van der Waals surface area contributed by atoms with Gasteiger partial charge in [0.2, 0.25) is 5.91 Å². The van der Waals surface area contributed by atoms with Gasteiger partial charge in [-0.2, -0.15) is 0 Å². The van der Waals surface area contributed by atoms with E-state index in [0.29, 0.717) is 6.42 Å². The summed E-state index contributed by atoms with van der Waals surface area (Å²) in [5.74, 6) is 1.83. The fraction of sp³-hybridized carbons (Fsp3) is 0.444. The van der Waals surface area contributed by atoms with Gasteiger partial charge in [-0.25, -0.2) is 0 Å². The molecule has 2 aromatic rings. The number of piperazine rings is 1. The third-order valence-corrected chi connectivity index (χ3v) is 4.27. The molecule has 1 saturated heterocycles. The van der Waals surface area contributed by atoms with Crippen molar-refractivity contribution in [3.63, 3.8) is 0 Å². The van der Waals surface area contributed by atoms with E-state index >= 15 is 0 Å². The molecule has 0 atom stereocenters. The zero-order chi connectivity index (χ0) is 16.9. The normalized spacial score (nSPS) is 15.5. The molecule has 1 aliphatic heterocycles. The Morgan fingerprint density at radius 1 is 1.25 bits per heavy atom. The zero-order valence-electron chi connectivity index (χ0n) is 14.2. The Bertz CT molecular complexity index is 690. The molecule has 6 heteroatoms. The Morgan fingerprint density at radius 3 is 2.71 bits per heavy atom. The van der Waals surface area contributed by atoms with Crippen LogP contribution in [0.3, 0.4) is 0 Å². The summed E-state index contributed by atoms with van der Waals surface area (Å²) < 4.78 is 10.5. The van der Waals surface area contributed by atoms with Crippen molar-refractivity contribution in [1.29, 1.82) is 0 Å². The zero-order valence-corrected chi connectivity index (χ0v) is 14.2. The summed E-state index contributed by atoms with van der Waals surface area (Å²) in [5, 5.41) is 3.91. The van der Waals surface area contributed by atoms with Crippen LogP contribution in [0.5, 0.6) is 5.75 Å². The van der Waals surface area contributed by atoms with E-state index in [-0.39, 0.29) is 5.91 Å². The molecular weight excluding hydrogens is 306 g/mol. The van der Waals surface area contributed by atoms with E-state index in [0.717, 1.165) is 55.5 Å². The predicted molar refractivity (Wildman–Crippen MR) is 89.8 cm³/mol. The molecule has 3 rings (SSSR count). The summed E-state index contributed by atoms with van der Waals surface area (Å²) in [6, 6.07) is 9.64. The topological polar surface area (TPSA) is 58.8 Å². The molecule has 1 amide bonds. The first kappa shape index (κ1) is 16.5. The van der Waals surface area contributed by atoms with Crippen molar-refractivity contribution in [2.75, 3.05) is 33.3 Å². The van der Waals surface area contributed by atoms with E-state index < -0.39 is 0 Å². The van der Waals surface area contributed by atoms with Crippen molar-refractivity contribution in [2.45, 2.75) is 19.9 Å².